The van der Waals surface area contributed by atoms with E-state index in [1.165, 1.54) is 12.1 Å². The second-order valence-electron chi connectivity index (χ2n) is 3.85. The van der Waals surface area contributed by atoms with E-state index >= 15 is 0 Å². The van der Waals surface area contributed by atoms with Crippen LogP contribution < -0.4 is 5.73 Å². The van der Waals surface area contributed by atoms with Crippen molar-refractivity contribution in [1.82, 2.24) is 10.1 Å². The minimum absolute atomic E-state index is 0.0658. The van der Waals surface area contributed by atoms with Crippen LogP contribution in [0.3, 0.4) is 0 Å². The van der Waals surface area contributed by atoms with E-state index in [4.69, 9.17) is 26.6 Å². The van der Waals surface area contributed by atoms with Gasteiger partial charge in [0, 0.05) is 11.6 Å². The van der Waals surface area contributed by atoms with Crippen LogP contribution in [0, 0.1) is 5.82 Å². The monoisotopic (exact) mass is 285 g/mol. The van der Waals surface area contributed by atoms with Gasteiger partial charge in [0.15, 0.2) is 5.82 Å². The lowest BCUT2D eigenvalue weighted by molar-refractivity contribution is 0.130. The molecule has 0 radical (unpaired) electrons. The Morgan fingerprint density at radius 3 is 3.00 bits per heavy atom. The lowest BCUT2D eigenvalue weighted by Crippen LogP contribution is -2.18. The number of ether oxygens (including phenoxy) is 1. The molecule has 19 heavy (non-hydrogen) atoms. The third-order valence-electron chi connectivity index (χ3n) is 2.44. The first kappa shape index (κ1) is 13.9. The Morgan fingerprint density at radius 2 is 2.32 bits per heavy atom. The van der Waals surface area contributed by atoms with Crippen LogP contribution in [0.15, 0.2) is 22.7 Å². The van der Waals surface area contributed by atoms with Crippen molar-refractivity contribution in [2.24, 2.45) is 5.73 Å². The maximum absolute atomic E-state index is 13.7. The summed E-state index contributed by atoms with van der Waals surface area (Å²) in [5, 5.41) is 4.02. The smallest absolute Gasteiger partial charge is 0.260 e. The van der Waals surface area contributed by atoms with E-state index in [1.807, 2.05) is 6.92 Å². The summed E-state index contributed by atoms with van der Waals surface area (Å²) in [7, 11) is 0. The Kier molecular flexibility index (Phi) is 4.47. The number of nitrogens with zero attached hydrogens (tertiary/aromatic N) is 2. The van der Waals surface area contributed by atoms with Gasteiger partial charge in [0.1, 0.15) is 5.82 Å². The van der Waals surface area contributed by atoms with Gasteiger partial charge < -0.3 is 15.0 Å². The van der Waals surface area contributed by atoms with Crippen molar-refractivity contribution in [3.05, 3.63) is 34.9 Å². The highest BCUT2D eigenvalue weighted by atomic mass is 35.5. The van der Waals surface area contributed by atoms with Crippen molar-refractivity contribution in [2.75, 3.05) is 13.2 Å². The number of rotatable bonds is 5. The van der Waals surface area contributed by atoms with Gasteiger partial charge in [0.25, 0.3) is 5.89 Å². The van der Waals surface area contributed by atoms with E-state index in [9.17, 15) is 4.39 Å². The molecule has 2 rings (SSSR count). The van der Waals surface area contributed by atoms with Gasteiger partial charge in [0.2, 0.25) is 0 Å². The fourth-order valence-corrected chi connectivity index (χ4v) is 1.64. The molecule has 5 nitrogen and oxygen atoms in total. The van der Waals surface area contributed by atoms with Crippen LogP contribution in [0.5, 0.6) is 0 Å². The minimum atomic E-state index is -0.527. The van der Waals surface area contributed by atoms with E-state index < -0.39 is 11.9 Å². The zero-order valence-corrected chi connectivity index (χ0v) is 11.0. The van der Waals surface area contributed by atoms with Crippen LogP contribution in [0.25, 0.3) is 11.5 Å². The predicted molar refractivity (Wildman–Crippen MR) is 68.1 cm³/mol. The average molecular weight is 286 g/mol. The molecule has 2 N–H and O–H groups in total. The van der Waals surface area contributed by atoms with Crippen molar-refractivity contribution in [1.29, 1.82) is 0 Å². The van der Waals surface area contributed by atoms with Crippen molar-refractivity contribution >= 4 is 11.6 Å². The third kappa shape index (κ3) is 3.28. The Bertz CT molecular complexity index is 562. The maximum atomic E-state index is 13.7. The van der Waals surface area contributed by atoms with Crippen LogP contribution >= 0.6 is 11.6 Å². The molecule has 0 aliphatic carbocycles. The molecule has 1 heterocycles. The van der Waals surface area contributed by atoms with E-state index in [1.54, 1.807) is 6.07 Å². The molecule has 0 spiro atoms. The second-order valence-corrected chi connectivity index (χ2v) is 4.28. The lowest BCUT2D eigenvalue weighted by atomic mass is 10.2. The molecule has 2 aromatic rings. The highest BCUT2D eigenvalue weighted by Crippen LogP contribution is 2.24. The minimum Gasteiger partial charge on any atom is -0.380 e. The summed E-state index contributed by atoms with van der Waals surface area (Å²) in [5.41, 5.74) is 6.00. The normalized spacial score (nSPS) is 12.6. The van der Waals surface area contributed by atoms with Crippen molar-refractivity contribution in [3.63, 3.8) is 0 Å². The van der Waals surface area contributed by atoms with E-state index in [0.29, 0.717) is 11.6 Å². The summed E-state index contributed by atoms with van der Waals surface area (Å²) in [6, 6.07) is 3.70. The molecule has 0 saturated carbocycles. The lowest BCUT2D eigenvalue weighted by Gasteiger charge is -2.05. The Hall–Kier alpha value is -1.50. The summed E-state index contributed by atoms with van der Waals surface area (Å²) in [5.74, 6) is -0.185. The van der Waals surface area contributed by atoms with Gasteiger partial charge >= 0.3 is 0 Å². The molecule has 102 valence electrons. The average Bonchev–Trinajstić information content (AvgIpc) is 2.85. The van der Waals surface area contributed by atoms with Crippen LogP contribution in [-0.4, -0.2) is 23.4 Å². The summed E-state index contributed by atoms with van der Waals surface area (Å²) >= 11 is 5.67. The van der Waals surface area contributed by atoms with Crippen molar-refractivity contribution in [2.45, 2.75) is 13.0 Å². The topological polar surface area (TPSA) is 74.2 Å². The van der Waals surface area contributed by atoms with Gasteiger partial charge in [-0.1, -0.05) is 16.8 Å². The molecule has 0 fully saturated rings. The van der Waals surface area contributed by atoms with E-state index in [0.717, 1.165) is 0 Å². The van der Waals surface area contributed by atoms with Gasteiger partial charge in [-0.3, -0.25) is 0 Å². The van der Waals surface area contributed by atoms with E-state index in [2.05, 4.69) is 10.1 Å². The molecule has 0 saturated heterocycles. The number of hydrogen-bond acceptors (Lipinski definition) is 5. The molecule has 0 bridgehead atoms. The van der Waals surface area contributed by atoms with Gasteiger partial charge in [-0.25, -0.2) is 4.39 Å². The van der Waals surface area contributed by atoms with Crippen molar-refractivity contribution < 1.29 is 13.7 Å². The summed E-state index contributed by atoms with van der Waals surface area (Å²) in [4.78, 5) is 4.06. The fraction of sp³-hybridized carbons (Fsp3) is 0.333. The molecule has 7 heteroatoms. The Morgan fingerprint density at radius 1 is 1.53 bits per heavy atom. The number of benzene rings is 1. The molecular formula is C12H13ClFN3O2. The SMILES string of the molecule is CCOCC(N)c1noc(-c2ccc(Cl)cc2F)n1. The summed E-state index contributed by atoms with van der Waals surface area (Å²) < 4.78 is 23.8. The quantitative estimate of drug-likeness (QED) is 0.914. The zero-order chi connectivity index (χ0) is 13.8. The first-order valence-electron chi connectivity index (χ1n) is 5.74. The highest BCUT2D eigenvalue weighted by molar-refractivity contribution is 6.30. The summed E-state index contributed by atoms with van der Waals surface area (Å²) in [6.07, 6.45) is 0. The first-order valence-corrected chi connectivity index (χ1v) is 6.12. The number of halogens is 2. The largest absolute Gasteiger partial charge is 0.380 e. The van der Waals surface area contributed by atoms with Gasteiger partial charge in [-0.2, -0.15) is 4.98 Å². The maximum Gasteiger partial charge on any atom is 0.260 e. The molecule has 1 aromatic carbocycles. The highest BCUT2D eigenvalue weighted by Gasteiger charge is 2.17. The Balaban J connectivity index is 2.20. The predicted octanol–water partition coefficient (Wildman–Crippen LogP) is 2.57. The number of aromatic nitrogens is 2. The van der Waals surface area contributed by atoms with Gasteiger partial charge in [-0.05, 0) is 25.1 Å². The van der Waals surface area contributed by atoms with Crippen molar-refractivity contribution in [3.8, 4) is 11.5 Å². The molecule has 1 atom stereocenters. The molecule has 1 aromatic heterocycles. The van der Waals surface area contributed by atoms with Gasteiger partial charge in [0.05, 0.1) is 18.2 Å². The third-order valence-corrected chi connectivity index (χ3v) is 2.67. The standard InChI is InChI=1S/C12H13ClFN3O2/c1-2-18-6-10(15)11-16-12(19-17-11)8-4-3-7(13)5-9(8)14/h3-5,10H,2,6,15H2,1H3. The molecular weight excluding hydrogens is 273 g/mol. The van der Waals surface area contributed by atoms with Gasteiger partial charge in [-0.15, -0.1) is 0 Å². The fourth-order valence-electron chi connectivity index (χ4n) is 1.48. The van der Waals surface area contributed by atoms with Crippen LogP contribution in [0.4, 0.5) is 4.39 Å². The molecule has 0 amide bonds. The summed E-state index contributed by atoms with van der Waals surface area (Å²) in [6.45, 7) is 2.68. The zero-order valence-electron chi connectivity index (χ0n) is 10.3. The second kappa shape index (κ2) is 6.10. The molecule has 1 unspecified atom stereocenters. The van der Waals surface area contributed by atoms with Crippen LogP contribution in [-0.2, 0) is 4.74 Å². The number of hydrogen-bond donors (Lipinski definition) is 1. The first-order chi connectivity index (χ1) is 9.11. The molecule has 0 aliphatic rings. The Labute approximate surface area is 114 Å². The van der Waals surface area contributed by atoms with Crippen LogP contribution in [0.1, 0.15) is 18.8 Å². The molecule has 0 aliphatic heterocycles. The van der Waals surface area contributed by atoms with Crippen LogP contribution in [0.2, 0.25) is 5.02 Å². The van der Waals surface area contributed by atoms with E-state index in [-0.39, 0.29) is 23.9 Å². The number of nitrogens with two attached hydrogens (primary N) is 1.